The zero-order valence-electron chi connectivity index (χ0n) is 11.2. The van der Waals surface area contributed by atoms with Gasteiger partial charge in [-0.1, -0.05) is 18.2 Å². The van der Waals surface area contributed by atoms with E-state index in [1.807, 2.05) is 13.8 Å². The Balaban J connectivity index is 2.33. The predicted octanol–water partition coefficient (Wildman–Crippen LogP) is 0.991. The van der Waals surface area contributed by atoms with Gasteiger partial charge in [0.2, 0.25) is 10.0 Å². The third kappa shape index (κ3) is 2.81. The van der Waals surface area contributed by atoms with Gasteiger partial charge in [-0.25, -0.2) is 13.1 Å². The number of sulfonamides is 1. The lowest BCUT2D eigenvalue weighted by Crippen LogP contribution is -2.50. The fraction of sp³-hybridized carbons (Fsp3) is 0.538. The minimum absolute atomic E-state index is 0.146. The van der Waals surface area contributed by atoms with E-state index in [9.17, 15) is 8.42 Å². The van der Waals surface area contributed by atoms with Gasteiger partial charge in [-0.05, 0) is 31.9 Å². The summed E-state index contributed by atoms with van der Waals surface area (Å²) >= 11 is 0. The Morgan fingerprint density at radius 1 is 1.47 bits per heavy atom. The van der Waals surface area contributed by atoms with Crippen LogP contribution in [-0.2, 0) is 21.3 Å². The van der Waals surface area contributed by atoms with Crippen LogP contribution in [0.3, 0.4) is 0 Å². The van der Waals surface area contributed by atoms with Gasteiger partial charge in [-0.15, -0.1) is 0 Å². The van der Waals surface area contributed by atoms with Gasteiger partial charge < -0.3 is 10.5 Å². The first-order valence-electron chi connectivity index (χ1n) is 6.32. The fourth-order valence-electron chi connectivity index (χ4n) is 2.27. The SMILES string of the molecule is CC1OCCC1(C)NS(=O)(=O)c1ccccc1CN. The lowest BCUT2D eigenvalue weighted by Gasteiger charge is -2.28. The zero-order chi connectivity index (χ0) is 14.1. The molecule has 6 heteroatoms. The molecule has 1 aliphatic rings. The van der Waals surface area contributed by atoms with Crippen LogP contribution in [0.4, 0.5) is 0 Å². The number of nitrogens with one attached hydrogen (secondary N) is 1. The first-order valence-corrected chi connectivity index (χ1v) is 7.81. The molecular formula is C13H20N2O3S. The molecule has 1 aliphatic heterocycles. The van der Waals surface area contributed by atoms with E-state index in [0.29, 0.717) is 18.6 Å². The monoisotopic (exact) mass is 284 g/mol. The number of hydrogen-bond acceptors (Lipinski definition) is 4. The molecule has 106 valence electrons. The van der Waals surface area contributed by atoms with Crippen molar-refractivity contribution in [1.29, 1.82) is 0 Å². The van der Waals surface area contributed by atoms with Crippen molar-refractivity contribution < 1.29 is 13.2 Å². The quantitative estimate of drug-likeness (QED) is 0.864. The van der Waals surface area contributed by atoms with Crippen LogP contribution < -0.4 is 10.5 Å². The van der Waals surface area contributed by atoms with Crippen LogP contribution in [0, 0.1) is 0 Å². The molecule has 1 fully saturated rings. The molecule has 1 saturated heterocycles. The highest BCUT2D eigenvalue weighted by atomic mass is 32.2. The Bertz CT molecular complexity index is 559. The Hall–Kier alpha value is -0.950. The van der Waals surface area contributed by atoms with E-state index in [0.717, 1.165) is 0 Å². The summed E-state index contributed by atoms with van der Waals surface area (Å²) in [5, 5.41) is 0. The fourth-order valence-corrected chi connectivity index (χ4v) is 4.01. The third-order valence-electron chi connectivity index (χ3n) is 3.74. The summed E-state index contributed by atoms with van der Waals surface area (Å²) in [6.45, 7) is 4.51. The predicted molar refractivity (Wildman–Crippen MR) is 73.1 cm³/mol. The zero-order valence-corrected chi connectivity index (χ0v) is 12.0. The molecule has 0 amide bonds. The smallest absolute Gasteiger partial charge is 0.241 e. The Labute approximate surface area is 114 Å². The maximum atomic E-state index is 12.5. The van der Waals surface area contributed by atoms with Gasteiger partial charge in [0.05, 0.1) is 16.5 Å². The van der Waals surface area contributed by atoms with Crippen molar-refractivity contribution in [3.05, 3.63) is 29.8 Å². The largest absolute Gasteiger partial charge is 0.376 e. The van der Waals surface area contributed by atoms with Crippen LogP contribution >= 0.6 is 0 Å². The van der Waals surface area contributed by atoms with Crippen LogP contribution in [0.2, 0.25) is 0 Å². The van der Waals surface area contributed by atoms with Gasteiger partial charge in [-0.2, -0.15) is 0 Å². The van der Waals surface area contributed by atoms with Crippen molar-refractivity contribution in [3.63, 3.8) is 0 Å². The molecule has 19 heavy (non-hydrogen) atoms. The van der Waals surface area contributed by atoms with E-state index in [1.54, 1.807) is 24.3 Å². The van der Waals surface area contributed by atoms with Gasteiger partial charge in [0, 0.05) is 13.2 Å². The lowest BCUT2D eigenvalue weighted by molar-refractivity contribution is 0.0957. The normalized spacial score (nSPS) is 27.6. The van der Waals surface area contributed by atoms with Crippen molar-refractivity contribution in [1.82, 2.24) is 4.72 Å². The average Bonchev–Trinajstić information content (AvgIpc) is 2.68. The summed E-state index contributed by atoms with van der Waals surface area (Å²) in [7, 11) is -3.59. The highest BCUT2D eigenvalue weighted by Crippen LogP contribution is 2.28. The van der Waals surface area contributed by atoms with Crippen molar-refractivity contribution in [2.75, 3.05) is 6.61 Å². The third-order valence-corrected chi connectivity index (χ3v) is 5.45. The molecule has 0 bridgehead atoms. The van der Waals surface area contributed by atoms with Gasteiger partial charge >= 0.3 is 0 Å². The molecule has 2 atom stereocenters. The Morgan fingerprint density at radius 2 is 2.16 bits per heavy atom. The van der Waals surface area contributed by atoms with Gasteiger partial charge in [0.15, 0.2) is 0 Å². The summed E-state index contributed by atoms with van der Waals surface area (Å²) in [5.41, 5.74) is 5.65. The summed E-state index contributed by atoms with van der Waals surface area (Å²) in [6.07, 6.45) is 0.519. The molecule has 5 nitrogen and oxygen atoms in total. The molecule has 0 aromatic heterocycles. The molecular weight excluding hydrogens is 264 g/mol. The molecule has 0 radical (unpaired) electrons. The number of benzene rings is 1. The molecule has 2 unspecified atom stereocenters. The van der Waals surface area contributed by atoms with Gasteiger partial charge in [0.25, 0.3) is 0 Å². The number of hydrogen-bond donors (Lipinski definition) is 2. The maximum absolute atomic E-state index is 12.5. The highest BCUT2D eigenvalue weighted by molar-refractivity contribution is 7.89. The van der Waals surface area contributed by atoms with Crippen LogP contribution in [0.25, 0.3) is 0 Å². The van der Waals surface area contributed by atoms with E-state index >= 15 is 0 Å². The summed E-state index contributed by atoms with van der Waals surface area (Å²) in [6, 6.07) is 6.79. The van der Waals surface area contributed by atoms with Crippen molar-refractivity contribution in [2.45, 2.75) is 43.4 Å². The van der Waals surface area contributed by atoms with Crippen LogP contribution in [0.1, 0.15) is 25.8 Å². The maximum Gasteiger partial charge on any atom is 0.241 e. The minimum Gasteiger partial charge on any atom is -0.376 e. The van der Waals surface area contributed by atoms with E-state index in [1.165, 1.54) is 0 Å². The average molecular weight is 284 g/mol. The molecule has 2 rings (SSSR count). The Morgan fingerprint density at radius 3 is 2.74 bits per heavy atom. The molecule has 1 aromatic rings. The van der Waals surface area contributed by atoms with Crippen LogP contribution in [0.5, 0.6) is 0 Å². The summed E-state index contributed by atoms with van der Waals surface area (Å²) < 4.78 is 33.2. The van der Waals surface area contributed by atoms with Crippen LogP contribution in [0.15, 0.2) is 29.2 Å². The second kappa shape index (κ2) is 5.20. The van der Waals surface area contributed by atoms with Gasteiger partial charge in [0.1, 0.15) is 0 Å². The molecule has 0 spiro atoms. The van der Waals surface area contributed by atoms with Crippen molar-refractivity contribution in [2.24, 2.45) is 5.73 Å². The highest BCUT2D eigenvalue weighted by Gasteiger charge is 2.40. The number of rotatable bonds is 4. The first kappa shape index (κ1) is 14.5. The van der Waals surface area contributed by atoms with Crippen molar-refractivity contribution in [3.8, 4) is 0 Å². The van der Waals surface area contributed by atoms with E-state index in [4.69, 9.17) is 10.5 Å². The van der Waals surface area contributed by atoms with E-state index in [2.05, 4.69) is 4.72 Å². The number of nitrogens with two attached hydrogens (primary N) is 1. The number of ether oxygens (including phenoxy) is 1. The second-order valence-electron chi connectivity index (χ2n) is 5.10. The van der Waals surface area contributed by atoms with Crippen molar-refractivity contribution >= 4 is 10.0 Å². The molecule has 0 aliphatic carbocycles. The molecule has 0 saturated carbocycles. The van der Waals surface area contributed by atoms with E-state index in [-0.39, 0.29) is 17.5 Å². The molecule has 1 aromatic carbocycles. The van der Waals surface area contributed by atoms with Gasteiger partial charge in [-0.3, -0.25) is 0 Å². The minimum atomic E-state index is -3.59. The first-order chi connectivity index (χ1) is 8.89. The topological polar surface area (TPSA) is 81.4 Å². The summed E-state index contributed by atoms with van der Waals surface area (Å²) in [4.78, 5) is 0.248. The molecule has 1 heterocycles. The molecule has 3 N–H and O–H groups in total. The Kier molecular flexibility index (Phi) is 3.96. The summed E-state index contributed by atoms with van der Waals surface area (Å²) in [5.74, 6) is 0. The second-order valence-corrected chi connectivity index (χ2v) is 6.75. The lowest BCUT2D eigenvalue weighted by atomic mass is 9.97. The standard InChI is InChI=1S/C13H20N2O3S/c1-10-13(2,7-8-18-10)15-19(16,17)12-6-4-3-5-11(12)9-14/h3-6,10,15H,7-9,14H2,1-2H3. The van der Waals surface area contributed by atoms with Crippen LogP contribution in [-0.4, -0.2) is 26.7 Å². The van der Waals surface area contributed by atoms with E-state index < -0.39 is 15.6 Å².